The molecule has 0 bridgehead atoms. The van der Waals surface area contributed by atoms with Crippen LogP contribution in [0.3, 0.4) is 0 Å². The normalized spacial score (nSPS) is 16.1. The third-order valence-corrected chi connectivity index (χ3v) is 5.27. The Hall–Kier alpha value is -1.10. The van der Waals surface area contributed by atoms with Gasteiger partial charge in [0, 0.05) is 23.0 Å². The number of hydrogen-bond donors (Lipinski definition) is 1. The van der Waals surface area contributed by atoms with Gasteiger partial charge in [0.2, 0.25) is 11.6 Å². The van der Waals surface area contributed by atoms with Crippen molar-refractivity contribution in [1.82, 2.24) is 0 Å². The topological polar surface area (TPSA) is 54.4 Å². The van der Waals surface area contributed by atoms with E-state index in [0.29, 0.717) is 22.5 Å². The number of rotatable bonds is 6. The molecule has 1 unspecified atom stereocenters. The van der Waals surface area contributed by atoms with Crippen LogP contribution in [0, 0.1) is 0 Å². The van der Waals surface area contributed by atoms with Crippen molar-refractivity contribution < 1.29 is 14.7 Å². The van der Waals surface area contributed by atoms with Crippen LogP contribution in [0.15, 0.2) is 34.2 Å². The maximum Gasteiger partial charge on any atom is 0.206 e. The molecule has 1 aliphatic carbocycles. The minimum Gasteiger partial charge on any atom is -0.396 e. The van der Waals surface area contributed by atoms with Gasteiger partial charge in [-0.15, -0.1) is 11.8 Å². The van der Waals surface area contributed by atoms with Gasteiger partial charge >= 0.3 is 0 Å². The summed E-state index contributed by atoms with van der Waals surface area (Å²) in [4.78, 5) is 25.1. The third-order valence-electron chi connectivity index (χ3n) is 3.37. The molecule has 3 nitrogen and oxygen atoms in total. The quantitative estimate of drug-likeness (QED) is 0.864. The Labute approximate surface area is 133 Å². The van der Waals surface area contributed by atoms with E-state index in [4.69, 9.17) is 16.7 Å². The smallest absolute Gasteiger partial charge is 0.206 e. The Kier molecular flexibility index (Phi) is 5.62. The van der Waals surface area contributed by atoms with Crippen LogP contribution < -0.4 is 0 Å². The molecular formula is C16H17ClO3S. The van der Waals surface area contributed by atoms with E-state index in [1.54, 1.807) is 24.3 Å². The summed E-state index contributed by atoms with van der Waals surface area (Å²) < 4.78 is 0. The summed E-state index contributed by atoms with van der Waals surface area (Å²) in [6.07, 6.45) is 2.39. The van der Waals surface area contributed by atoms with Gasteiger partial charge in [0.1, 0.15) is 5.03 Å². The zero-order valence-corrected chi connectivity index (χ0v) is 13.3. The van der Waals surface area contributed by atoms with Crippen LogP contribution in [0.1, 0.15) is 46.9 Å². The van der Waals surface area contributed by atoms with Gasteiger partial charge in [-0.2, -0.15) is 0 Å². The summed E-state index contributed by atoms with van der Waals surface area (Å²) in [7, 11) is 0. The lowest BCUT2D eigenvalue weighted by Gasteiger charge is -2.21. The van der Waals surface area contributed by atoms with Crippen LogP contribution >= 0.6 is 23.4 Å². The van der Waals surface area contributed by atoms with Crippen molar-refractivity contribution in [3.05, 3.63) is 45.3 Å². The van der Waals surface area contributed by atoms with Crippen LogP contribution in [0.25, 0.3) is 0 Å². The zero-order chi connectivity index (χ0) is 15.4. The van der Waals surface area contributed by atoms with Crippen LogP contribution in [0.2, 0.25) is 0 Å². The van der Waals surface area contributed by atoms with Crippen LogP contribution in [-0.4, -0.2) is 28.5 Å². The standard InChI is InChI=1S/C16H17ClO3S/c1-2-5-10(8-9-18)21-16-13(17)14(19)11-6-3-4-7-12(11)15(16)20/h3-4,6-7,10,18H,2,5,8-9H2,1H3. The highest BCUT2D eigenvalue weighted by atomic mass is 35.5. The summed E-state index contributed by atoms with van der Waals surface area (Å²) in [5.74, 6) is -0.493. The highest BCUT2D eigenvalue weighted by Gasteiger charge is 2.32. The molecule has 1 aromatic rings. The fourth-order valence-electron chi connectivity index (χ4n) is 2.32. The number of allylic oxidation sites excluding steroid dienone is 2. The van der Waals surface area contributed by atoms with Gasteiger partial charge in [0.25, 0.3) is 0 Å². The highest BCUT2D eigenvalue weighted by Crippen LogP contribution is 2.38. The zero-order valence-electron chi connectivity index (χ0n) is 11.8. The van der Waals surface area contributed by atoms with Crippen LogP contribution in [0.4, 0.5) is 0 Å². The molecule has 0 radical (unpaired) electrons. The number of halogens is 1. The third kappa shape index (κ3) is 3.39. The van der Waals surface area contributed by atoms with Gasteiger partial charge in [-0.05, 0) is 12.8 Å². The van der Waals surface area contributed by atoms with E-state index >= 15 is 0 Å². The van der Waals surface area contributed by atoms with E-state index in [1.165, 1.54) is 11.8 Å². The van der Waals surface area contributed by atoms with Gasteiger partial charge in [-0.1, -0.05) is 49.2 Å². The number of carbonyl (C=O) groups excluding carboxylic acids is 2. The predicted octanol–water partition coefficient (Wildman–Crippen LogP) is 3.80. The second-order valence-corrected chi connectivity index (χ2v) is 6.58. The summed E-state index contributed by atoms with van der Waals surface area (Å²) in [5, 5.41) is 9.21. The average molecular weight is 325 g/mol. The van der Waals surface area contributed by atoms with E-state index in [1.807, 2.05) is 6.92 Å². The molecule has 0 fully saturated rings. The Morgan fingerprint density at radius 2 is 1.76 bits per heavy atom. The number of aliphatic hydroxyl groups is 1. The minimum absolute atomic E-state index is 0.00254. The van der Waals surface area contributed by atoms with Crippen molar-refractivity contribution in [2.24, 2.45) is 0 Å². The SMILES string of the molecule is CCCC(CCO)SC1=C(Cl)C(=O)c2ccccc2C1=O. The number of hydrogen-bond acceptors (Lipinski definition) is 4. The Balaban J connectivity index is 2.33. The van der Waals surface area contributed by atoms with Crippen LogP contribution in [0.5, 0.6) is 0 Å². The number of ketones is 2. The first-order valence-electron chi connectivity index (χ1n) is 6.95. The number of Topliss-reactive ketones (excluding diaryl/α,β-unsaturated/α-hetero) is 2. The highest BCUT2D eigenvalue weighted by molar-refractivity contribution is 8.04. The maximum absolute atomic E-state index is 12.5. The number of thioether (sulfide) groups is 1. The minimum atomic E-state index is -0.298. The van der Waals surface area contributed by atoms with Gasteiger partial charge in [0.15, 0.2) is 0 Å². The lowest BCUT2D eigenvalue weighted by molar-refractivity contribution is 0.0987. The van der Waals surface area contributed by atoms with E-state index in [-0.39, 0.29) is 28.5 Å². The van der Waals surface area contributed by atoms with Gasteiger partial charge in [-0.3, -0.25) is 9.59 Å². The predicted molar refractivity (Wildman–Crippen MR) is 86.0 cm³/mol. The first-order valence-corrected chi connectivity index (χ1v) is 8.21. The molecule has 0 spiro atoms. The summed E-state index contributed by atoms with van der Waals surface area (Å²) >= 11 is 7.44. The lowest BCUT2D eigenvalue weighted by atomic mass is 9.95. The molecule has 0 aromatic heterocycles. The van der Waals surface area contributed by atoms with Gasteiger partial charge < -0.3 is 5.11 Å². The van der Waals surface area contributed by atoms with E-state index in [2.05, 4.69) is 0 Å². The Bertz CT molecular complexity index is 589. The number of carbonyl (C=O) groups is 2. The van der Waals surface area contributed by atoms with Crippen molar-refractivity contribution in [1.29, 1.82) is 0 Å². The molecule has 1 aromatic carbocycles. The Morgan fingerprint density at radius 3 is 2.33 bits per heavy atom. The molecule has 1 N–H and O–H groups in total. The van der Waals surface area contributed by atoms with Crippen molar-refractivity contribution in [2.75, 3.05) is 6.61 Å². The molecular weight excluding hydrogens is 308 g/mol. The van der Waals surface area contributed by atoms with Gasteiger partial charge in [0.05, 0.1) is 4.91 Å². The van der Waals surface area contributed by atoms with Crippen molar-refractivity contribution in [3.63, 3.8) is 0 Å². The van der Waals surface area contributed by atoms with E-state index < -0.39 is 0 Å². The number of aliphatic hydroxyl groups excluding tert-OH is 1. The molecule has 2 rings (SSSR count). The maximum atomic E-state index is 12.5. The van der Waals surface area contributed by atoms with Crippen molar-refractivity contribution in [3.8, 4) is 0 Å². The fraction of sp³-hybridized carbons (Fsp3) is 0.375. The van der Waals surface area contributed by atoms with E-state index in [9.17, 15) is 9.59 Å². The summed E-state index contributed by atoms with van der Waals surface area (Å²) in [6.45, 7) is 2.10. The van der Waals surface area contributed by atoms with Crippen molar-refractivity contribution in [2.45, 2.75) is 31.4 Å². The second-order valence-electron chi connectivity index (χ2n) is 4.89. The molecule has 0 saturated carbocycles. The molecule has 0 amide bonds. The number of benzene rings is 1. The molecule has 0 heterocycles. The number of fused-ring (bicyclic) bond motifs is 1. The Morgan fingerprint density at radius 1 is 1.14 bits per heavy atom. The monoisotopic (exact) mass is 324 g/mol. The molecule has 5 heteroatoms. The summed E-state index contributed by atoms with van der Waals surface area (Å²) in [6, 6.07) is 6.73. The lowest BCUT2D eigenvalue weighted by Crippen LogP contribution is -2.20. The molecule has 0 aliphatic heterocycles. The molecule has 1 atom stereocenters. The van der Waals surface area contributed by atoms with E-state index in [0.717, 1.165) is 12.8 Å². The molecule has 112 valence electrons. The van der Waals surface area contributed by atoms with Crippen molar-refractivity contribution >= 4 is 34.9 Å². The van der Waals surface area contributed by atoms with Gasteiger partial charge in [-0.25, -0.2) is 0 Å². The largest absolute Gasteiger partial charge is 0.396 e. The first-order chi connectivity index (χ1) is 10.1. The molecule has 21 heavy (non-hydrogen) atoms. The first kappa shape index (κ1) is 16.3. The summed E-state index contributed by atoms with van der Waals surface area (Å²) in [5.41, 5.74) is 0.777. The molecule has 1 aliphatic rings. The fourth-order valence-corrected chi connectivity index (χ4v) is 3.97. The average Bonchev–Trinajstić information content (AvgIpc) is 2.49. The molecule has 0 saturated heterocycles. The second kappa shape index (κ2) is 7.25. The van der Waals surface area contributed by atoms with Crippen LogP contribution in [-0.2, 0) is 0 Å².